The standard InChI is InChI=1S/C35H39ClFN7O3/c1-18-9-10-19(2)43(16-18)31-22-15-23(36)29(26-24(37)7-6-8-25(26)40-34(46)47-35(3,4)5)41-32(22)44(33(45)42-31)30-27(20-11-12-20)38-17-39-28(30)21-13-14-21/h6-8,15,17-21H,9-14,16H2,1-5H3,(H,40,46)/t18-,19-/m0/s1. The Balaban J connectivity index is 1.50. The second kappa shape index (κ2) is 11.8. The van der Waals surface area contributed by atoms with Crippen LogP contribution in [0.1, 0.15) is 96.4 Å². The molecule has 0 spiro atoms. The number of piperidine rings is 1. The van der Waals surface area contributed by atoms with Crippen molar-refractivity contribution in [1.82, 2.24) is 24.5 Å². The van der Waals surface area contributed by atoms with E-state index in [-0.39, 0.29) is 45.5 Å². The van der Waals surface area contributed by atoms with Crippen LogP contribution in [-0.4, -0.2) is 48.8 Å². The van der Waals surface area contributed by atoms with Crippen LogP contribution in [0.3, 0.4) is 0 Å². The van der Waals surface area contributed by atoms with Crippen molar-refractivity contribution in [3.05, 3.63) is 63.3 Å². The van der Waals surface area contributed by atoms with Gasteiger partial charge in [0.2, 0.25) is 0 Å². The van der Waals surface area contributed by atoms with Crippen LogP contribution in [-0.2, 0) is 4.74 Å². The summed E-state index contributed by atoms with van der Waals surface area (Å²) in [5, 5.41) is 3.39. The molecule has 0 bridgehead atoms. The monoisotopic (exact) mass is 659 g/mol. The molecule has 1 N–H and O–H groups in total. The maximum atomic E-state index is 15.8. The van der Waals surface area contributed by atoms with Gasteiger partial charge in [-0.1, -0.05) is 24.6 Å². The van der Waals surface area contributed by atoms with E-state index in [0.29, 0.717) is 22.8 Å². The Kier molecular flexibility index (Phi) is 7.93. The van der Waals surface area contributed by atoms with Crippen molar-refractivity contribution in [2.45, 2.75) is 96.6 Å². The highest BCUT2D eigenvalue weighted by Crippen LogP contribution is 2.48. The summed E-state index contributed by atoms with van der Waals surface area (Å²) in [4.78, 5) is 48.4. The van der Waals surface area contributed by atoms with Gasteiger partial charge in [-0.2, -0.15) is 4.98 Å². The van der Waals surface area contributed by atoms with Gasteiger partial charge in [-0.15, -0.1) is 0 Å². The number of nitrogens with one attached hydrogen (secondary N) is 1. The molecule has 246 valence electrons. The topological polar surface area (TPSA) is 115 Å². The van der Waals surface area contributed by atoms with Crippen molar-refractivity contribution >= 4 is 40.2 Å². The highest BCUT2D eigenvalue weighted by Gasteiger charge is 2.37. The maximum absolute atomic E-state index is 15.8. The largest absolute Gasteiger partial charge is 0.444 e. The molecule has 2 saturated carbocycles. The van der Waals surface area contributed by atoms with E-state index < -0.39 is 23.2 Å². The number of anilines is 2. The number of benzene rings is 1. The molecule has 7 rings (SSSR count). The molecule has 3 aliphatic rings. The highest BCUT2D eigenvalue weighted by molar-refractivity contribution is 6.34. The average molecular weight is 660 g/mol. The van der Waals surface area contributed by atoms with Gasteiger partial charge in [0.1, 0.15) is 23.6 Å². The summed E-state index contributed by atoms with van der Waals surface area (Å²) in [6, 6.07) is 6.18. The fraction of sp³-hybridized carbons (Fsp3) is 0.486. The van der Waals surface area contributed by atoms with Crippen molar-refractivity contribution in [1.29, 1.82) is 0 Å². The fourth-order valence-electron chi connectivity index (χ4n) is 6.51. The lowest BCUT2D eigenvalue weighted by Crippen LogP contribution is -2.43. The summed E-state index contributed by atoms with van der Waals surface area (Å²) in [5.41, 5.74) is 1.43. The molecule has 1 amide bonds. The minimum absolute atomic E-state index is 0.0169. The van der Waals surface area contributed by atoms with Crippen LogP contribution in [0.5, 0.6) is 0 Å². The molecule has 1 aliphatic heterocycles. The Morgan fingerprint density at radius 2 is 1.70 bits per heavy atom. The second-order valence-corrected chi connectivity index (χ2v) is 14.7. The minimum atomic E-state index is -0.769. The molecule has 4 aromatic rings. The van der Waals surface area contributed by atoms with Crippen LogP contribution < -0.4 is 15.9 Å². The Bertz CT molecular complexity index is 1920. The van der Waals surface area contributed by atoms with Crippen LogP contribution in [0.4, 0.5) is 20.7 Å². The first kappa shape index (κ1) is 31.5. The van der Waals surface area contributed by atoms with Crippen molar-refractivity contribution in [3.63, 3.8) is 0 Å². The summed E-state index contributed by atoms with van der Waals surface area (Å²) >= 11 is 6.99. The van der Waals surface area contributed by atoms with Gasteiger partial charge in [0.25, 0.3) is 0 Å². The summed E-state index contributed by atoms with van der Waals surface area (Å²) in [7, 11) is 0. The third kappa shape index (κ3) is 6.17. The number of nitrogens with zero attached hydrogens (tertiary/aromatic N) is 6. The zero-order chi connectivity index (χ0) is 33.2. The Morgan fingerprint density at radius 1 is 1.02 bits per heavy atom. The van der Waals surface area contributed by atoms with E-state index in [2.05, 4.69) is 34.0 Å². The first-order chi connectivity index (χ1) is 22.4. The maximum Gasteiger partial charge on any atom is 0.412 e. The van der Waals surface area contributed by atoms with Gasteiger partial charge in [0, 0.05) is 24.4 Å². The van der Waals surface area contributed by atoms with E-state index in [1.807, 2.05) is 0 Å². The smallest absolute Gasteiger partial charge is 0.412 e. The zero-order valence-corrected chi connectivity index (χ0v) is 28.1. The molecule has 10 nitrogen and oxygen atoms in total. The van der Waals surface area contributed by atoms with Gasteiger partial charge in [-0.25, -0.2) is 33.5 Å². The predicted molar refractivity (Wildman–Crippen MR) is 180 cm³/mol. The number of carbonyl (C=O) groups excluding carboxylic acids is 1. The first-order valence-electron chi connectivity index (χ1n) is 16.4. The van der Waals surface area contributed by atoms with Crippen LogP contribution in [0.2, 0.25) is 5.02 Å². The third-order valence-corrected chi connectivity index (χ3v) is 9.40. The number of amides is 1. The SMILES string of the molecule is C[C@H]1CC[C@H](C)N(c2nc(=O)n(-c3c(C4CC4)ncnc3C3CC3)c3nc(-c4c(F)cccc4NC(=O)OC(C)(C)C)c(Cl)cc23)C1. The molecule has 3 fully saturated rings. The summed E-state index contributed by atoms with van der Waals surface area (Å²) in [6.07, 6.45) is 6.73. The molecule has 4 heterocycles. The number of hydrogen-bond acceptors (Lipinski definition) is 8. The van der Waals surface area contributed by atoms with E-state index in [9.17, 15) is 9.59 Å². The van der Waals surface area contributed by atoms with E-state index in [0.717, 1.165) is 56.5 Å². The fourth-order valence-corrected chi connectivity index (χ4v) is 6.76. The molecule has 1 aromatic carbocycles. The van der Waals surface area contributed by atoms with E-state index in [1.165, 1.54) is 16.7 Å². The Hall–Kier alpha value is -4.12. The van der Waals surface area contributed by atoms with Crippen LogP contribution in [0, 0.1) is 11.7 Å². The minimum Gasteiger partial charge on any atom is -0.444 e. The van der Waals surface area contributed by atoms with Gasteiger partial charge < -0.3 is 9.64 Å². The second-order valence-electron chi connectivity index (χ2n) is 14.3. The number of pyridine rings is 1. The van der Waals surface area contributed by atoms with Crippen molar-refractivity contribution in [2.24, 2.45) is 5.92 Å². The van der Waals surface area contributed by atoms with Gasteiger partial charge >= 0.3 is 11.8 Å². The van der Waals surface area contributed by atoms with Crippen molar-refractivity contribution < 1.29 is 13.9 Å². The average Bonchev–Trinajstić information content (AvgIpc) is 3.92. The van der Waals surface area contributed by atoms with Gasteiger partial charge in [0.15, 0.2) is 5.65 Å². The number of hydrogen-bond donors (Lipinski definition) is 1. The number of carbonyl (C=O) groups is 1. The van der Waals surface area contributed by atoms with E-state index in [1.54, 1.807) is 39.2 Å². The lowest BCUT2D eigenvalue weighted by molar-refractivity contribution is 0.0636. The van der Waals surface area contributed by atoms with Gasteiger partial charge in [-0.3, -0.25) is 5.32 Å². The Morgan fingerprint density at radius 3 is 2.34 bits per heavy atom. The van der Waals surface area contributed by atoms with Crippen molar-refractivity contribution in [2.75, 3.05) is 16.8 Å². The molecular formula is C35H39ClFN7O3. The molecule has 3 aromatic heterocycles. The Labute approximate surface area is 277 Å². The first-order valence-corrected chi connectivity index (χ1v) is 16.8. The molecule has 2 atom stereocenters. The van der Waals surface area contributed by atoms with Gasteiger partial charge in [0.05, 0.1) is 44.4 Å². The lowest BCUT2D eigenvalue weighted by Gasteiger charge is -2.38. The predicted octanol–water partition coefficient (Wildman–Crippen LogP) is 7.76. The summed E-state index contributed by atoms with van der Waals surface area (Å²) in [5.74, 6) is 0.670. The number of rotatable bonds is 6. The molecular weight excluding hydrogens is 621 g/mol. The quantitative estimate of drug-likeness (QED) is 0.223. The van der Waals surface area contributed by atoms with Crippen molar-refractivity contribution in [3.8, 4) is 16.9 Å². The molecule has 47 heavy (non-hydrogen) atoms. The third-order valence-electron chi connectivity index (χ3n) is 9.11. The molecule has 2 aliphatic carbocycles. The molecule has 0 radical (unpaired) electrons. The number of halogens is 2. The normalized spacial score (nSPS) is 20.0. The van der Waals surface area contributed by atoms with Gasteiger partial charge in [-0.05, 0) is 90.3 Å². The zero-order valence-electron chi connectivity index (χ0n) is 27.3. The summed E-state index contributed by atoms with van der Waals surface area (Å²) < 4.78 is 22.8. The lowest BCUT2D eigenvalue weighted by atomic mass is 9.95. The number of fused-ring (bicyclic) bond motifs is 1. The van der Waals surface area contributed by atoms with E-state index in [4.69, 9.17) is 26.3 Å². The van der Waals surface area contributed by atoms with Crippen LogP contribution >= 0.6 is 11.6 Å². The van der Waals surface area contributed by atoms with E-state index >= 15 is 4.39 Å². The van der Waals surface area contributed by atoms with Crippen LogP contribution in [0.15, 0.2) is 35.4 Å². The molecule has 12 heteroatoms. The number of ether oxygens (including phenoxy) is 1. The summed E-state index contributed by atoms with van der Waals surface area (Å²) in [6.45, 7) is 10.3. The molecule has 1 saturated heterocycles. The number of aromatic nitrogens is 5. The highest BCUT2D eigenvalue weighted by atomic mass is 35.5. The molecule has 0 unspecified atom stereocenters. The van der Waals surface area contributed by atoms with Crippen LogP contribution in [0.25, 0.3) is 28.0 Å².